The van der Waals surface area contributed by atoms with Crippen molar-refractivity contribution in [2.75, 3.05) is 12.4 Å². The Morgan fingerprint density at radius 3 is 2.47 bits per heavy atom. The first-order valence-corrected chi connectivity index (χ1v) is 5.71. The minimum atomic E-state index is 0.194. The van der Waals surface area contributed by atoms with E-state index in [4.69, 9.17) is 16.3 Å². The predicted octanol–water partition coefficient (Wildman–Crippen LogP) is 2.42. The smallest absolute Gasteiger partial charge is 0.245 e. The maximum Gasteiger partial charge on any atom is 0.245 e. The molecule has 1 N–H and O–H groups in total. The van der Waals surface area contributed by atoms with E-state index >= 15 is 0 Å². The quantitative estimate of drug-likeness (QED) is 0.786. The third-order valence-electron chi connectivity index (χ3n) is 2.42. The largest absolute Gasteiger partial charge is 0.497 e. The molecule has 96 valence electrons. The van der Waals surface area contributed by atoms with Crippen molar-refractivity contribution in [1.82, 2.24) is 20.3 Å². The van der Waals surface area contributed by atoms with Gasteiger partial charge in [0.25, 0.3) is 0 Å². The zero-order valence-corrected chi connectivity index (χ0v) is 10.5. The Kier molecular flexibility index (Phi) is 2.88. The fourth-order valence-corrected chi connectivity index (χ4v) is 1.68. The highest BCUT2D eigenvalue weighted by molar-refractivity contribution is 6.32. The normalized spacial score (nSPS) is 10.6. The minimum absolute atomic E-state index is 0.194. The molecule has 7 nitrogen and oxygen atoms in total. The molecule has 0 saturated heterocycles. The number of anilines is 2. The van der Waals surface area contributed by atoms with E-state index in [1.165, 1.54) is 0 Å². The van der Waals surface area contributed by atoms with Gasteiger partial charge in [-0.3, -0.25) is 0 Å². The summed E-state index contributed by atoms with van der Waals surface area (Å²) in [6.07, 6.45) is 0. The van der Waals surface area contributed by atoms with Crippen LogP contribution in [0.1, 0.15) is 0 Å². The number of aromatic nitrogens is 4. The van der Waals surface area contributed by atoms with E-state index in [-0.39, 0.29) is 10.8 Å². The highest BCUT2D eigenvalue weighted by atomic mass is 35.5. The van der Waals surface area contributed by atoms with E-state index in [1.807, 2.05) is 24.3 Å². The average Bonchev–Trinajstić information content (AvgIpc) is 2.87. The lowest BCUT2D eigenvalue weighted by Gasteiger charge is -2.07. The summed E-state index contributed by atoms with van der Waals surface area (Å²) in [7, 11) is 1.61. The van der Waals surface area contributed by atoms with Crippen molar-refractivity contribution < 1.29 is 9.37 Å². The lowest BCUT2D eigenvalue weighted by Crippen LogP contribution is -1.97. The molecule has 1 aromatic carbocycles. The Labute approximate surface area is 112 Å². The Morgan fingerprint density at radius 2 is 1.79 bits per heavy atom. The first kappa shape index (κ1) is 11.7. The van der Waals surface area contributed by atoms with Crippen LogP contribution in [-0.4, -0.2) is 27.4 Å². The summed E-state index contributed by atoms with van der Waals surface area (Å²) < 4.78 is 9.61. The number of halogens is 1. The van der Waals surface area contributed by atoms with Gasteiger partial charge in [-0.2, -0.15) is 0 Å². The van der Waals surface area contributed by atoms with Gasteiger partial charge in [0, 0.05) is 5.69 Å². The van der Waals surface area contributed by atoms with Gasteiger partial charge >= 0.3 is 0 Å². The molecule has 3 rings (SSSR count). The number of ether oxygens (including phenoxy) is 1. The number of fused-ring (bicyclic) bond motifs is 1. The van der Waals surface area contributed by atoms with Crippen molar-refractivity contribution in [3.63, 3.8) is 0 Å². The van der Waals surface area contributed by atoms with Gasteiger partial charge in [-0.15, -0.1) is 0 Å². The molecule has 0 fully saturated rings. The number of benzene rings is 1. The van der Waals surface area contributed by atoms with Crippen molar-refractivity contribution in [1.29, 1.82) is 0 Å². The summed E-state index contributed by atoms with van der Waals surface area (Å²) in [6.45, 7) is 0. The summed E-state index contributed by atoms with van der Waals surface area (Å²) in [4.78, 5) is 8.18. The lowest BCUT2D eigenvalue weighted by atomic mass is 10.3. The van der Waals surface area contributed by atoms with Gasteiger partial charge in [0.2, 0.25) is 11.3 Å². The van der Waals surface area contributed by atoms with Crippen LogP contribution in [0.3, 0.4) is 0 Å². The number of nitrogens with one attached hydrogen (secondary N) is 1. The molecular weight excluding hydrogens is 270 g/mol. The van der Waals surface area contributed by atoms with Crippen molar-refractivity contribution in [3.8, 4) is 5.75 Å². The maximum absolute atomic E-state index is 6.00. The summed E-state index contributed by atoms with van der Waals surface area (Å²) in [5, 5.41) is 10.4. The topological polar surface area (TPSA) is 86.0 Å². The van der Waals surface area contributed by atoms with Gasteiger partial charge in [-0.25, -0.2) is 14.6 Å². The van der Waals surface area contributed by atoms with Gasteiger partial charge < -0.3 is 10.1 Å². The number of rotatable bonds is 3. The van der Waals surface area contributed by atoms with E-state index in [0.717, 1.165) is 11.4 Å². The molecule has 19 heavy (non-hydrogen) atoms. The Morgan fingerprint density at radius 1 is 1.11 bits per heavy atom. The van der Waals surface area contributed by atoms with Crippen LogP contribution in [-0.2, 0) is 0 Å². The Bertz CT molecular complexity index is 713. The molecular formula is C11H8ClN5O2. The average molecular weight is 278 g/mol. The molecule has 8 heteroatoms. The van der Waals surface area contributed by atoms with Crippen molar-refractivity contribution in [2.45, 2.75) is 0 Å². The maximum atomic E-state index is 6.00. The SMILES string of the molecule is COc1ccc(Nc2nc3nonc3nc2Cl)cc1. The molecule has 0 aliphatic rings. The first-order valence-electron chi connectivity index (χ1n) is 5.33. The van der Waals surface area contributed by atoms with Gasteiger partial charge in [0.1, 0.15) is 5.75 Å². The number of nitrogens with zero attached hydrogens (tertiary/aromatic N) is 4. The van der Waals surface area contributed by atoms with Gasteiger partial charge in [-0.05, 0) is 34.6 Å². The Hall–Kier alpha value is -2.41. The lowest BCUT2D eigenvalue weighted by molar-refractivity contribution is 0.314. The zero-order valence-electron chi connectivity index (χ0n) is 9.79. The highest BCUT2D eigenvalue weighted by Crippen LogP contribution is 2.24. The predicted molar refractivity (Wildman–Crippen MR) is 68.7 cm³/mol. The highest BCUT2D eigenvalue weighted by Gasteiger charge is 2.10. The number of hydrogen-bond acceptors (Lipinski definition) is 7. The third kappa shape index (κ3) is 2.27. The van der Waals surface area contributed by atoms with E-state index in [2.05, 4.69) is 30.2 Å². The standard InChI is InChI=1S/C11H8ClN5O2/c1-18-7-4-2-6(3-5-7)13-9-8(12)14-10-11(15-9)17-19-16-10/h2-5H,1H3,(H,13,15,17). The molecule has 0 saturated carbocycles. The minimum Gasteiger partial charge on any atom is -0.497 e. The molecule has 0 amide bonds. The molecule has 0 aliphatic heterocycles. The van der Waals surface area contributed by atoms with Crippen LogP contribution in [0.4, 0.5) is 11.5 Å². The molecule has 0 bridgehead atoms. The van der Waals surface area contributed by atoms with Crippen LogP contribution < -0.4 is 10.1 Å². The van der Waals surface area contributed by atoms with Crippen LogP contribution in [0.25, 0.3) is 11.3 Å². The van der Waals surface area contributed by atoms with Crippen LogP contribution >= 0.6 is 11.6 Å². The van der Waals surface area contributed by atoms with Gasteiger partial charge in [0.15, 0.2) is 11.0 Å². The molecule has 0 unspecified atom stereocenters. The van der Waals surface area contributed by atoms with Crippen LogP contribution in [0.2, 0.25) is 5.15 Å². The zero-order chi connectivity index (χ0) is 13.2. The molecule has 3 aromatic rings. The second-order valence-electron chi connectivity index (χ2n) is 3.63. The van der Waals surface area contributed by atoms with E-state index < -0.39 is 0 Å². The van der Waals surface area contributed by atoms with Gasteiger partial charge in [-0.1, -0.05) is 11.6 Å². The third-order valence-corrected chi connectivity index (χ3v) is 2.69. The van der Waals surface area contributed by atoms with Crippen LogP contribution in [0.5, 0.6) is 5.75 Å². The fourth-order valence-electron chi connectivity index (χ4n) is 1.51. The molecule has 0 aliphatic carbocycles. The van der Waals surface area contributed by atoms with Crippen molar-refractivity contribution in [2.24, 2.45) is 0 Å². The van der Waals surface area contributed by atoms with Crippen LogP contribution in [0, 0.1) is 0 Å². The molecule has 2 heterocycles. The molecule has 0 radical (unpaired) electrons. The molecule has 2 aromatic heterocycles. The summed E-state index contributed by atoms with van der Waals surface area (Å²) in [5.41, 5.74) is 1.36. The summed E-state index contributed by atoms with van der Waals surface area (Å²) >= 11 is 6.00. The monoisotopic (exact) mass is 277 g/mol. The van der Waals surface area contributed by atoms with Crippen LogP contribution in [0.15, 0.2) is 28.9 Å². The van der Waals surface area contributed by atoms with Crippen molar-refractivity contribution in [3.05, 3.63) is 29.4 Å². The van der Waals surface area contributed by atoms with E-state index in [9.17, 15) is 0 Å². The second-order valence-corrected chi connectivity index (χ2v) is 3.99. The second kappa shape index (κ2) is 4.69. The number of methoxy groups -OCH3 is 1. The fraction of sp³-hybridized carbons (Fsp3) is 0.0909. The first-order chi connectivity index (χ1) is 9.26. The van der Waals surface area contributed by atoms with E-state index in [0.29, 0.717) is 11.5 Å². The summed E-state index contributed by atoms with van der Waals surface area (Å²) in [6, 6.07) is 7.31. The molecule has 0 atom stereocenters. The summed E-state index contributed by atoms with van der Waals surface area (Å²) in [5.74, 6) is 1.15. The number of hydrogen-bond donors (Lipinski definition) is 1. The van der Waals surface area contributed by atoms with E-state index in [1.54, 1.807) is 7.11 Å². The molecule has 0 spiro atoms. The van der Waals surface area contributed by atoms with Gasteiger partial charge in [0.05, 0.1) is 7.11 Å². The Balaban J connectivity index is 1.92. The van der Waals surface area contributed by atoms with Crippen molar-refractivity contribution >= 4 is 34.4 Å².